The van der Waals surface area contributed by atoms with Crippen LogP contribution < -0.4 is 0 Å². The molecule has 1 heterocycles. The first kappa shape index (κ1) is 11.7. The fraction of sp³-hybridized carbons (Fsp3) is 0.125. The molecule has 0 N–H and O–H groups in total. The average molecular weight is 250 g/mol. The molecular weight excluding hydrogens is 236 g/mol. The Bertz CT molecular complexity index is 702. The van der Waals surface area contributed by atoms with Crippen molar-refractivity contribution in [2.24, 2.45) is 0 Å². The molecule has 0 radical (unpaired) electrons. The lowest BCUT2D eigenvalue weighted by atomic mass is 10.0. The number of carbonyl (C=O) groups is 1. The minimum absolute atomic E-state index is 0.166. The van der Waals surface area contributed by atoms with Crippen molar-refractivity contribution in [1.82, 2.24) is 9.55 Å². The van der Waals surface area contributed by atoms with E-state index in [4.69, 9.17) is 0 Å². The molecular formula is C16H14N2O. The minimum atomic E-state index is 0.166. The quantitative estimate of drug-likeness (QED) is 0.666. The van der Waals surface area contributed by atoms with Crippen LogP contribution in [0.1, 0.15) is 16.8 Å². The van der Waals surface area contributed by atoms with E-state index in [-0.39, 0.29) is 5.78 Å². The van der Waals surface area contributed by atoms with Gasteiger partial charge in [0.2, 0.25) is 0 Å². The second-order valence-corrected chi connectivity index (χ2v) is 4.54. The van der Waals surface area contributed by atoms with Crippen LogP contribution in [0.15, 0.2) is 61.2 Å². The van der Waals surface area contributed by atoms with Gasteiger partial charge in [0.15, 0.2) is 5.78 Å². The summed E-state index contributed by atoms with van der Waals surface area (Å²) >= 11 is 0. The zero-order valence-electron chi connectivity index (χ0n) is 10.5. The first-order valence-corrected chi connectivity index (χ1v) is 6.31. The summed E-state index contributed by atoms with van der Waals surface area (Å²) in [6.45, 7) is 0.672. The van der Waals surface area contributed by atoms with Crippen LogP contribution in [0.25, 0.3) is 10.8 Å². The number of nitrogens with zero attached hydrogens (tertiary/aromatic N) is 2. The predicted octanol–water partition coefficient (Wildman–Crippen LogP) is 3.31. The van der Waals surface area contributed by atoms with Gasteiger partial charge in [0.05, 0.1) is 6.33 Å². The first-order valence-electron chi connectivity index (χ1n) is 6.31. The molecule has 0 unspecified atom stereocenters. The number of carbonyl (C=O) groups excluding carboxylic acids is 1. The number of hydrogen-bond acceptors (Lipinski definition) is 2. The van der Waals surface area contributed by atoms with Crippen molar-refractivity contribution in [3.05, 3.63) is 66.7 Å². The second-order valence-electron chi connectivity index (χ2n) is 4.54. The number of benzene rings is 2. The molecule has 19 heavy (non-hydrogen) atoms. The van der Waals surface area contributed by atoms with Gasteiger partial charge >= 0.3 is 0 Å². The third kappa shape index (κ3) is 2.55. The summed E-state index contributed by atoms with van der Waals surface area (Å²) in [7, 11) is 0. The summed E-state index contributed by atoms with van der Waals surface area (Å²) in [5, 5.41) is 2.27. The maximum Gasteiger partial charge on any atom is 0.164 e. The van der Waals surface area contributed by atoms with Gasteiger partial charge < -0.3 is 4.57 Å². The standard InChI is InChI=1S/C16H14N2O/c19-16(7-9-18-10-8-17-12-18)15-6-5-13-3-1-2-4-14(13)11-15/h1-6,8,10-12H,7,9H2. The Kier molecular flexibility index (Phi) is 3.11. The molecule has 0 fully saturated rings. The molecule has 0 atom stereocenters. The Balaban J connectivity index is 1.77. The van der Waals surface area contributed by atoms with Crippen molar-refractivity contribution >= 4 is 16.6 Å². The van der Waals surface area contributed by atoms with Crippen LogP contribution in [-0.2, 0) is 6.54 Å². The van der Waals surface area contributed by atoms with E-state index in [1.807, 2.05) is 47.2 Å². The van der Waals surface area contributed by atoms with Crippen molar-refractivity contribution in [3.8, 4) is 0 Å². The Morgan fingerprint density at radius 3 is 2.74 bits per heavy atom. The smallest absolute Gasteiger partial charge is 0.164 e. The van der Waals surface area contributed by atoms with Gasteiger partial charge in [0, 0.05) is 30.9 Å². The third-order valence-electron chi connectivity index (χ3n) is 3.23. The lowest BCUT2D eigenvalue weighted by Crippen LogP contribution is -2.04. The van der Waals surface area contributed by atoms with Crippen molar-refractivity contribution < 1.29 is 4.79 Å². The molecule has 0 amide bonds. The third-order valence-corrected chi connectivity index (χ3v) is 3.23. The lowest BCUT2D eigenvalue weighted by Gasteiger charge is -2.04. The van der Waals surface area contributed by atoms with Gasteiger partial charge in [-0.15, -0.1) is 0 Å². The molecule has 0 spiro atoms. The molecule has 94 valence electrons. The molecule has 0 saturated carbocycles. The minimum Gasteiger partial charge on any atom is -0.337 e. The molecule has 3 rings (SSSR count). The summed E-state index contributed by atoms with van der Waals surface area (Å²) in [4.78, 5) is 16.1. The molecule has 0 aliphatic carbocycles. The Morgan fingerprint density at radius 2 is 1.95 bits per heavy atom. The molecule has 3 nitrogen and oxygen atoms in total. The van der Waals surface area contributed by atoms with Crippen molar-refractivity contribution in [3.63, 3.8) is 0 Å². The van der Waals surface area contributed by atoms with Crippen LogP contribution in [0.5, 0.6) is 0 Å². The van der Waals surface area contributed by atoms with Crippen LogP contribution in [0.3, 0.4) is 0 Å². The highest BCUT2D eigenvalue weighted by Crippen LogP contribution is 2.16. The maximum atomic E-state index is 12.1. The predicted molar refractivity (Wildman–Crippen MR) is 75.1 cm³/mol. The second kappa shape index (κ2) is 5.06. The van der Waals surface area contributed by atoms with E-state index in [9.17, 15) is 4.79 Å². The summed E-state index contributed by atoms with van der Waals surface area (Å²) in [6, 6.07) is 13.9. The molecule has 1 aromatic heterocycles. The van der Waals surface area contributed by atoms with E-state index >= 15 is 0 Å². The van der Waals surface area contributed by atoms with Crippen molar-refractivity contribution in [2.75, 3.05) is 0 Å². The number of rotatable bonds is 4. The maximum absolute atomic E-state index is 12.1. The van der Waals surface area contributed by atoms with E-state index in [2.05, 4.69) is 11.1 Å². The fourth-order valence-electron chi connectivity index (χ4n) is 2.16. The van der Waals surface area contributed by atoms with Crippen LogP contribution >= 0.6 is 0 Å². The topological polar surface area (TPSA) is 34.9 Å². The zero-order valence-corrected chi connectivity index (χ0v) is 10.5. The molecule has 0 bridgehead atoms. The highest BCUT2D eigenvalue weighted by molar-refractivity contribution is 5.99. The van der Waals surface area contributed by atoms with Crippen LogP contribution in [0, 0.1) is 0 Å². The SMILES string of the molecule is O=C(CCn1ccnc1)c1ccc2ccccc2c1. The fourth-order valence-corrected chi connectivity index (χ4v) is 2.16. The zero-order chi connectivity index (χ0) is 13.1. The van der Waals surface area contributed by atoms with Crippen molar-refractivity contribution in [1.29, 1.82) is 0 Å². The normalized spacial score (nSPS) is 10.7. The number of aryl methyl sites for hydroxylation is 1. The van der Waals surface area contributed by atoms with E-state index in [1.165, 1.54) is 0 Å². The van der Waals surface area contributed by atoms with Crippen LogP contribution in [0.2, 0.25) is 0 Å². The van der Waals surface area contributed by atoms with E-state index in [1.54, 1.807) is 12.5 Å². The van der Waals surface area contributed by atoms with Gasteiger partial charge in [0.1, 0.15) is 0 Å². The number of ketones is 1. The van der Waals surface area contributed by atoms with Crippen LogP contribution in [-0.4, -0.2) is 15.3 Å². The summed E-state index contributed by atoms with van der Waals surface area (Å²) < 4.78 is 1.92. The van der Waals surface area contributed by atoms with Gasteiger partial charge in [-0.1, -0.05) is 36.4 Å². The Morgan fingerprint density at radius 1 is 1.11 bits per heavy atom. The van der Waals surface area contributed by atoms with Crippen LogP contribution in [0.4, 0.5) is 0 Å². The number of hydrogen-bond donors (Lipinski definition) is 0. The number of Topliss-reactive ketones (excluding diaryl/α,β-unsaturated/α-hetero) is 1. The van der Waals surface area contributed by atoms with Gasteiger partial charge in [0.25, 0.3) is 0 Å². The molecule has 2 aromatic carbocycles. The molecule has 0 aliphatic rings. The number of aromatic nitrogens is 2. The number of imidazole rings is 1. The van der Waals surface area contributed by atoms with Crippen molar-refractivity contribution in [2.45, 2.75) is 13.0 Å². The molecule has 3 aromatic rings. The Labute approximate surface area is 111 Å². The monoisotopic (exact) mass is 250 g/mol. The number of fused-ring (bicyclic) bond motifs is 1. The average Bonchev–Trinajstić information content (AvgIpc) is 2.97. The van der Waals surface area contributed by atoms with Gasteiger partial charge in [-0.25, -0.2) is 4.98 Å². The van der Waals surface area contributed by atoms with E-state index in [0.717, 1.165) is 16.3 Å². The highest BCUT2D eigenvalue weighted by atomic mass is 16.1. The van der Waals surface area contributed by atoms with Gasteiger partial charge in [-0.05, 0) is 16.8 Å². The molecule has 0 aliphatic heterocycles. The first-order chi connectivity index (χ1) is 9.33. The largest absolute Gasteiger partial charge is 0.337 e. The lowest BCUT2D eigenvalue weighted by molar-refractivity contribution is 0.0977. The van der Waals surface area contributed by atoms with Gasteiger partial charge in [-0.3, -0.25) is 4.79 Å². The van der Waals surface area contributed by atoms with E-state index in [0.29, 0.717) is 13.0 Å². The van der Waals surface area contributed by atoms with Gasteiger partial charge in [-0.2, -0.15) is 0 Å². The van der Waals surface area contributed by atoms with E-state index < -0.39 is 0 Å². The molecule has 0 saturated heterocycles. The summed E-state index contributed by atoms with van der Waals surface area (Å²) in [6.07, 6.45) is 5.82. The summed E-state index contributed by atoms with van der Waals surface area (Å²) in [5.74, 6) is 0.166. The highest BCUT2D eigenvalue weighted by Gasteiger charge is 2.06. The molecule has 3 heteroatoms. The Hall–Kier alpha value is -2.42. The summed E-state index contributed by atoms with van der Waals surface area (Å²) in [5.41, 5.74) is 0.777.